The zero-order valence-corrected chi connectivity index (χ0v) is 12.2. The van der Waals surface area contributed by atoms with Crippen LogP contribution in [0.15, 0.2) is 18.2 Å². The van der Waals surface area contributed by atoms with E-state index in [0.29, 0.717) is 11.7 Å². The predicted molar refractivity (Wildman–Crippen MR) is 80.4 cm³/mol. The number of likely N-dealkylation sites (tertiary alicyclic amines) is 1. The number of primary amides is 1. The van der Waals surface area contributed by atoms with E-state index in [1.54, 1.807) is 0 Å². The quantitative estimate of drug-likeness (QED) is 0.648. The fourth-order valence-corrected chi connectivity index (χ4v) is 2.60. The van der Waals surface area contributed by atoms with Crippen LogP contribution in [-0.4, -0.2) is 41.4 Å². The van der Waals surface area contributed by atoms with E-state index < -0.39 is 10.8 Å². The molecule has 1 amide bonds. The lowest BCUT2D eigenvalue weighted by atomic mass is 9.98. The highest BCUT2D eigenvalue weighted by Gasteiger charge is 2.25. The Morgan fingerprint density at radius 3 is 2.81 bits per heavy atom. The number of hydrogen-bond acceptors (Lipinski definition) is 5. The second-order valence-corrected chi connectivity index (χ2v) is 5.55. The monoisotopic (exact) mass is 292 g/mol. The largest absolute Gasteiger partial charge is 0.377 e. The van der Waals surface area contributed by atoms with Crippen molar-refractivity contribution in [3.05, 3.63) is 33.9 Å². The lowest BCUT2D eigenvalue weighted by molar-refractivity contribution is -0.384. The van der Waals surface area contributed by atoms with E-state index in [-0.39, 0.29) is 17.3 Å². The van der Waals surface area contributed by atoms with Crippen LogP contribution in [0.5, 0.6) is 0 Å². The van der Waals surface area contributed by atoms with E-state index in [4.69, 9.17) is 5.73 Å². The summed E-state index contributed by atoms with van der Waals surface area (Å²) in [6, 6.07) is 4.72. The molecule has 0 spiro atoms. The molecule has 3 N–H and O–H groups in total. The van der Waals surface area contributed by atoms with Crippen molar-refractivity contribution in [2.24, 2.45) is 5.73 Å². The second kappa shape index (κ2) is 6.09. The maximum atomic E-state index is 11.2. The second-order valence-electron chi connectivity index (χ2n) is 5.55. The van der Waals surface area contributed by atoms with E-state index in [0.717, 1.165) is 19.4 Å². The minimum Gasteiger partial charge on any atom is -0.377 e. The molecule has 1 fully saturated rings. The predicted octanol–water partition coefficient (Wildman–Crippen LogP) is 1.59. The van der Waals surface area contributed by atoms with Crippen molar-refractivity contribution in [1.29, 1.82) is 0 Å². The summed E-state index contributed by atoms with van der Waals surface area (Å²) in [5, 5.41) is 14.3. The molecule has 0 bridgehead atoms. The molecule has 21 heavy (non-hydrogen) atoms. The zero-order chi connectivity index (χ0) is 15.6. The van der Waals surface area contributed by atoms with E-state index in [1.165, 1.54) is 18.2 Å². The summed E-state index contributed by atoms with van der Waals surface area (Å²) in [6.45, 7) is 3.06. The summed E-state index contributed by atoms with van der Waals surface area (Å²) in [7, 11) is 2.07. The number of nitro groups is 1. The Morgan fingerprint density at radius 2 is 2.24 bits per heavy atom. The Labute approximate surface area is 123 Å². The average Bonchev–Trinajstić information content (AvgIpc) is 2.42. The molecule has 1 heterocycles. The molecule has 0 radical (unpaired) electrons. The molecule has 7 heteroatoms. The van der Waals surface area contributed by atoms with Gasteiger partial charge in [0.2, 0.25) is 5.91 Å². The van der Waals surface area contributed by atoms with Crippen LogP contribution in [0, 0.1) is 10.1 Å². The number of benzene rings is 1. The van der Waals surface area contributed by atoms with Gasteiger partial charge in [-0.3, -0.25) is 14.9 Å². The highest BCUT2D eigenvalue weighted by molar-refractivity contribution is 5.94. The molecule has 1 aliphatic heterocycles. The molecule has 1 aromatic rings. The summed E-state index contributed by atoms with van der Waals surface area (Å²) in [5.41, 5.74) is 5.83. The Morgan fingerprint density at radius 1 is 1.52 bits per heavy atom. The molecule has 1 aromatic carbocycles. The van der Waals surface area contributed by atoms with Crippen LogP contribution in [0.3, 0.4) is 0 Å². The Hall–Kier alpha value is -2.15. The first-order valence-electron chi connectivity index (χ1n) is 6.93. The molecule has 1 saturated heterocycles. The van der Waals surface area contributed by atoms with Crippen LogP contribution < -0.4 is 11.1 Å². The Kier molecular flexibility index (Phi) is 4.42. The molecule has 1 aliphatic rings. The van der Waals surface area contributed by atoms with E-state index in [9.17, 15) is 14.9 Å². The van der Waals surface area contributed by atoms with Gasteiger partial charge in [-0.05, 0) is 38.9 Å². The minimum absolute atomic E-state index is 0.0356. The fraction of sp³-hybridized carbons (Fsp3) is 0.500. The highest BCUT2D eigenvalue weighted by Crippen LogP contribution is 2.28. The average molecular weight is 292 g/mol. The summed E-state index contributed by atoms with van der Waals surface area (Å²) >= 11 is 0. The number of carbonyl (C=O) groups is 1. The molecular formula is C14H20N4O3. The van der Waals surface area contributed by atoms with Gasteiger partial charge in [0.15, 0.2) is 0 Å². The molecule has 0 aromatic heterocycles. The van der Waals surface area contributed by atoms with Gasteiger partial charge in [-0.1, -0.05) is 0 Å². The number of nitrogens with one attached hydrogen (secondary N) is 1. The molecule has 0 aliphatic carbocycles. The van der Waals surface area contributed by atoms with Crippen molar-refractivity contribution in [3.8, 4) is 0 Å². The number of nitrogens with two attached hydrogens (primary N) is 1. The van der Waals surface area contributed by atoms with Crippen LogP contribution in [0.4, 0.5) is 11.4 Å². The van der Waals surface area contributed by atoms with E-state index in [2.05, 4.69) is 24.2 Å². The van der Waals surface area contributed by atoms with Gasteiger partial charge in [-0.25, -0.2) is 0 Å². The molecule has 0 saturated carbocycles. The van der Waals surface area contributed by atoms with Gasteiger partial charge >= 0.3 is 0 Å². The fourth-order valence-electron chi connectivity index (χ4n) is 2.60. The SMILES string of the molecule is CC1CC(Nc2cc(C(N)=O)ccc2[N+](=O)[O-])CCN1C. The summed E-state index contributed by atoms with van der Waals surface area (Å²) in [5.74, 6) is -0.593. The van der Waals surface area contributed by atoms with Gasteiger partial charge in [0.1, 0.15) is 5.69 Å². The van der Waals surface area contributed by atoms with Gasteiger partial charge < -0.3 is 16.0 Å². The summed E-state index contributed by atoms with van der Waals surface area (Å²) in [4.78, 5) is 24.1. The lowest BCUT2D eigenvalue weighted by Gasteiger charge is -2.35. The highest BCUT2D eigenvalue weighted by atomic mass is 16.6. The Balaban J connectivity index is 2.23. The molecule has 2 unspecified atom stereocenters. The third kappa shape index (κ3) is 3.49. The minimum atomic E-state index is -0.593. The van der Waals surface area contributed by atoms with Crippen molar-refractivity contribution in [1.82, 2.24) is 4.90 Å². The van der Waals surface area contributed by atoms with Crippen molar-refractivity contribution in [2.75, 3.05) is 18.9 Å². The van der Waals surface area contributed by atoms with Crippen LogP contribution in [-0.2, 0) is 0 Å². The number of nitrogens with zero attached hydrogens (tertiary/aromatic N) is 2. The number of nitro benzene ring substituents is 1. The third-order valence-corrected chi connectivity index (χ3v) is 4.05. The number of anilines is 1. The van der Waals surface area contributed by atoms with E-state index in [1.807, 2.05) is 0 Å². The molecule has 7 nitrogen and oxygen atoms in total. The maximum absolute atomic E-state index is 11.2. The molecule has 114 valence electrons. The number of amides is 1. The first kappa shape index (κ1) is 15.2. The van der Waals surface area contributed by atoms with Gasteiger partial charge in [0, 0.05) is 30.3 Å². The molecule has 2 rings (SSSR count). The number of piperidine rings is 1. The van der Waals surface area contributed by atoms with Crippen LogP contribution in [0.25, 0.3) is 0 Å². The first-order valence-corrected chi connectivity index (χ1v) is 6.93. The van der Waals surface area contributed by atoms with Gasteiger partial charge in [0.25, 0.3) is 5.69 Å². The number of hydrogen-bond donors (Lipinski definition) is 2. The van der Waals surface area contributed by atoms with Gasteiger partial charge in [-0.2, -0.15) is 0 Å². The van der Waals surface area contributed by atoms with Crippen molar-refractivity contribution >= 4 is 17.3 Å². The first-order chi connectivity index (χ1) is 9.88. The van der Waals surface area contributed by atoms with E-state index >= 15 is 0 Å². The van der Waals surface area contributed by atoms with Crippen molar-refractivity contribution in [3.63, 3.8) is 0 Å². The maximum Gasteiger partial charge on any atom is 0.292 e. The zero-order valence-electron chi connectivity index (χ0n) is 12.2. The number of rotatable bonds is 4. The van der Waals surface area contributed by atoms with Crippen LogP contribution >= 0.6 is 0 Å². The lowest BCUT2D eigenvalue weighted by Crippen LogP contribution is -2.42. The molecule has 2 atom stereocenters. The van der Waals surface area contributed by atoms with Crippen molar-refractivity contribution < 1.29 is 9.72 Å². The van der Waals surface area contributed by atoms with Crippen molar-refractivity contribution in [2.45, 2.75) is 31.8 Å². The summed E-state index contributed by atoms with van der Waals surface area (Å²) < 4.78 is 0. The number of carbonyl (C=O) groups excluding carboxylic acids is 1. The van der Waals surface area contributed by atoms with Gasteiger partial charge in [0.05, 0.1) is 4.92 Å². The third-order valence-electron chi connectivity index (χ3n) is 4.05. The topological polar surface area (TPSA) is 101 Å². The molecular weight excluding hydrogens is 272 g/mol. The van der Waals surface area contributed by atoms with Crippen LogP contribution in [0.2, 0.25) is 0 Å². The standard InChI is InChI=1S/C14H20N4O3/c1-9-7-11(5-6-17(9)2)16-12-8-10(14(15)19)3-4-13(12)18(20)21/h3-4,8-9,11,16H,5-7H2,1-2H3,(H2,15,19). The van der Waals surface area contributed by atoms with Gasteiger partial charge in [-0.15, -0.1) is 0 Å². The summed E-state index contributed by atoms with van der Waals surface area (Å²) in [6.07, 6.45) is 1.80. The smallest absolute Gasteiger partial charge is 0.292 e. The van der Waals surface area contributed by atoms with Crippen LogP contribution in [0.1, 0.15) is 30.1 Å². The Bertz CT molecular complexity index is 561. The normalized spacial score (nSPS) is 22.8.